The fraction of sp³-hybridized carbons (Fsp3) is 0.727. The van der Waals surface area contributed by atoms with Crippen molar-refractivity contribution < 1.29 is 4.74 Å². The van der Waals surface area contributed by atoms with Crippen LogP contribution in [0.1, 0.15) is 71.1 Å². The van der Waals surface area contributed by atoms with Crippen LogP contribution < -0.4 is 4.74 Å². The summed E-state index contributed by atoms with van der Waals surface area (Å²) in [4.78, 5) is 0. The van der Waals surface area contributed by atoms with Crippen LogP contribution in [-0.2, 0) is 0 Å². The van der Waals surface area contributed by atoms with Gasteiger partial charge in [0.2, 0.25) is 0 Å². The van der Waals surface area contributed by atoms with Crippen molar-refractivity contribution in [1.29, 1.82) is 0 Å². The van der Waals surface area contributed by atoms with Crippen LogP contribution in [0.15, 0.2) is 30.3 Å². The second kappa shape index (κ2) is 13.7. The number of hydrogen-bond acceptors (Lipinski definition) is 1. The number of rotatable bonds is 15. The summed E-state index contributed by atoms with van der Waals surface area (Å²) in [5.74, 6) is 1.02. The molecule has 0 aromatic heterocycles. The molecule has 0 saturated carbocycles. The van der Waals surface area contributed by atoms with E-state index in [1.807, 2.05) is 18.2 Å². The molecule has 140 valence electrons. The third-order valence-corrected chi connectivity index (χ3v) is 8.26. The predicted molar refractivity (Wildman–Crippen MR) is 114 cm³/mol. The summed E-state index contributed by atoms with van der Waals surface area (Å²) in [6.45, 7) is 8.23. The Balaban J connectivity index is 1.95. The van der Waals surface area contributed by atoms with E-state index >= 15 is 0 Å². The van der Waals surface area contributed by atoms with Crippen molar-refractivity contribution in [1.82, 2.24) is 0 Å². The van der Waals surface area contributed by atoms with Crippen molar-refractivity contribution >= 4 is 7.26 Å². The molecule has 0 N–H and O–H groups in total. The average Bonchev–Trinajstić information content (AvgIpc) is 2.57. The molecule has 2 heteroatoms. The second-order valence-corrected chi connectivity index (χ2v) is 13.3. The van der Waals surface area contributed by atoms with Crippen LogP contribution in [-0.4, -0.2) is 32.3 Å². The van der Waals surface area contributed by atoms with E-state index in [1.54, 1.807) is 0 Å². The van der Waals surface area contributed by atoms with Gasteiger partial charge in [-0.05, 0) is 0 Å². The second-order valence-electron chi connectivity index (χ2n) is 8.01. The zero-order valence-electron chi connectivity index (χ0n) is 16.5. The van der Waals surface area contributed by atoms with Gasteiger partial charge in [-0.1, -0.05) is 0 Å². The SMILES string of the molecule is CCCCCCCCCCCC[PH](C)(C)CCOc1ccccc1. The van der Waals surface area contributed by atoms with Gasteiger partial charge in [-0.25, -0.2) is 0 Å². The Morgan fingerprint density at radius 1 is 0.708 bits per heavy atom. The zero-order chi connectivity index (χ0) is 17.5. The Morgan fingerprint density at radius 3 is 1.83 bits per heavy atom. The van der Waals surface area contributed by atoms with Crippen LogP contribution in [0.5, 0.6) is 5.75 Å². The normalized spacial score (nSPS) is 12.3. The van der Waals surface area contributed by atoms with E-state index in [0.717, 1.165) is 12.4 Å². The molecule has 0 aliphatic heterocycles. The maximum atomic E-state index is 5.88. The summed E-state index contributed by atoms with van der Waals surface area (Å²) < 4.78 is 5.88. The van der Waals surface area contributed by atoms with Gasteiger partial charge >= 0.3 is 151 Å². The number of unbranched alkanes of at least 4 members (excludes halogenated alkanes) is 9. The van der Waals surface area contributed by atoms with E-state index in [0.29, 0.717) is 0 Å². The number of para-hydroxylation sites is 1. The summed E-state index contributed by atoms with van der Waals surface area (Å²) in [6, 6.07) is 10.2. The van der Waals surface area contributed by atoms with Crippen molar-refractivity contribution in [2.24, 2.45) is 0 Å². The molecule has 1 rings (SSSR count). The molecule has 0 unspecified atom stereocenters. The maximum absolute atomic E-state index is 5.88. The first-order valence-electron chi connectivity index (χ1n) is 10.3. The molecule has 0 atom stereocenters. The molecular formula is C22H41OP. The molecule has 0 heterocycles. The fourth-order valence-electron chi connectivity index (χ4n) is 3.18. The van der Waals surface area contributed by atoms with Crippen LogP contribution in [0.25, 0.3) is 0 Å². The van der Waals surface area contributed by atoms with E-state index < -0.39 is 7.26 Å². The minimum atomic E-state index is -1.07. The Morgan fingerprint density at radius 2 is 1.25 bits per heavy atom. The molecule has 0 aliphatic rings. The third-order valence-electron chi connectivity index (χ3n) is 5.00. The van der Waals surface area contributed by atoms with Gasteiger partial charge in [-0.3, -0.25) is 0 Å². The van der Waals surface area contributed by atoms with Crippen molar-refractivity contribution in [2.75, 3.05) is 32.3 Å². The monoisotopic (exact) mass is 352 g/mol. The standard InChI is InChI=1S/C22H41OP/c1-4-5-6-7-8-9-10-11-12-16-20-24(2,3)21-19-23-22-17-14-13-15-18-22/h13-15,17-18,24H,4-12,16,19-21H2,1-3H3. The summed E-state index contributed by atoms with van der Waals surface area (Å²) in [6.07, 6.45) is 17.1. The van der Waals surface area contributed by atoms with Gasteiger partial charge in [0.15, 0.2) is 0 Å². The molecule has 0 amide bonds. The first-order valence-corrected chi connectivity index (χ1v) is 13.7. The molecule has 24 heavy (non-hydrogen) atoms. The Hall–Kier alpha value is -0.550. The molecule has 0 bridgehead atoms. The quantitative estimate of drug-likeness (QED) is 0.244. The molecule has 0 fully saturated rings. The fourth-order valence-corrected chi connectivity index (χ4v) is 5.29. The van der Waals surface area contributed by atoms with E-state index in [4.69, 9.17) is 4.74 Å². The van der Waals surface area contributed by atoms with Gasteiger partial charge in [0.05, 0.1) is 0 Å². The molecule has 0 saturated heterocycles. The van der Waals surface area contributed by atoms with E-state index in [9.17, 15) is 0 Å². The van der Waals surface area contributed by atoms with Gasteiger partial charge in [-0.15, -0.1) is 0 Å². The number of ether oxygens (including phenoxy) is 1. The first kappa shape index (κ1) is 21.5. The van der Waals surface area contributed by atoms with Crippen LogP contribution in [0.3, 0.4) is 0 Å². The Bertz CT molecular complexity index is 388. The topological polar surface area (TPSA) is 9.23 Å². The third kappa shape index (κ3) is 11.9. The Labute approximate surface area is 151 Å². The average molecular weight is 353 g/mol. The molecule has 1 nitrogen and oxygen atoms in total. The van der Waals surface area contributed by atoms with Crippen LogP contribution in [0, 0.1) is 0 Å². The molecule has 0 radical (unpaired) electrons. The van der Waals surface area contributed by atoms with E-state index in [1.165, 1.54) is 76.5 Å². The number of hydrogen-bond donors (Lipinski definition) is 0. The van der Waals surface area contributed by atoms with Gasteiger partial charge in [0.25, 0.3) is 0 Å². The molecule has 1 aromatic rings. The predicted octanol–water partition coefficient (Wildman–Crippen LogP) is 7.00. The van der Waals surface area contributed by atoms with Crippen LogP contribution >= 0.6 is 7.26 Å². The van der Waals surface area contributed by atoms with E-state index in [2.05, 4.69) is 32.4 Å². The first-order chi connectivity index (χ1) is 11.6. The van der Waals surface area contributed by atoms with Crippen molar-refractivity contribution in [3.05, 3.63) is 30.3 Å². The molecule has 1 aromatic carbocycles. The molecule has 0 aliphatic carbocycles. The molecule has 0 spiro atoms. The summed E-state index contributed by atoms with van der Waals surface area (Å²) in [5.41, 5.74) is 0. The van der Waals surface area contributed by atoms with Crippen molar-refractivity contribution in [3.8, 4) is 5.75 Å². The van der Waals surface area contributed by atoms with Gasteiger partial charge in [-0.2, -0.15) is 0 Å². The van der Waals surface area contributed by atoms with Crippen LogP contribution in [0.2, 0.25) is 0 Å². The van der Waals surface area contributed by atoms with Gasteiger partial charge in [0, 0.05) is 0 Å². The summed E-state index contributed by atoms with van der Waals surface area (Å²) in [5, 5.41) is 0. The summed E-state index contributed by atoms with van der Waals surface area (Å²) in [7, 11) is -1.07. The molecular weight excluding hydrogens is 311 g/mol. The Kier molecular flexibility index (Phi) is 12.3. The van der Waals surface area contributed by atoms with E-state index in [-0.39, 0.29) is 0 Å². The summed E-state index contributed by atoms with van der Waals surface area (Å²) >= 11 is 0. The van der Waals surface area contributed by atoms with Crippen molar-refractivity contribution in [2.45, 2.75) is 71.1 Å². The number of benzene rings is 1. The van der Waals surface area contributed by atoms with Gasteiger partial charge in [0.1, 0.15) is 0 Å². The van der Waals surface area contributed by atoms with Gasteiger partial charge < -0.3 is 0 Å². The minimum absolute atomic E-state index is 0.890. The van der Waals surface area contributed by atoms with Crippen LogP contribution in [0.4, 0.5) is 0 Å². The zero-order valence-corrected chi connectivity index (χ0v) is 17.5. The van der Waals surface area contributed by atoms with Crippen molar-refractivity contribution in [3.63, 3.8) is 0 Å².